The van der Waals surface area contributed by atoms with Crippen LogP contribution >= 0.6 is 0 Å². The number of likely N-dealkylation sites (tertiary alicyclic amines) is 1. The molecule has 5 heteroatoms. The van der Waals surface area contributed by atoms with Crippen molar-refractivity contribution >= 4 is 12.0 Å². The molecule has 2 atom stereocenters. The highest BCUT2D eigenvalue weighted by atomic mass is 16.4. The smallest absolute Gasteiger partial charge is 0.335 e. The van der Waals surface area contributed by atoms with E-state index in [4.69, 9.17) is 5.11 Å². The van der Waals surface area contributed by atoms with Crippen LogP contribution in [0.2, 0.25) is 0 Å². The van der Waals surface area contributed by atoms with E-state index in [-0.39, 0.29) is 23.7 Å². The number of hydrogen-bond donors (Lipinski definition) is 2. The van der Waals surface area contributed by atoms with E-state index < -0.39 is 5.97 Å². The molecule has 1 aromatic rings. The molecule has 114 valence electrons. The molecule has 0 saturated carbocycles. The van der Waals surface area contributed by atoms with Crippen LogP contribution in [0.15, 0.2) is 24.3 Å². The molecule has 21 heavy (non-hydrogen) atoms. The lowest BCUT2D eigenvalue weighted by Gasteiger charge is -2.38. The van der Waals surface area contributed by atoms with Crippen LogP contribution in [0.3, 0.4) is 0 Å². The maximum Gasteiger partial charge on any atom is 0.335 e. The first-order valence-corrected chi connectivity index (χ1v) is 7.37. The van der Waals surface area contributed by atoms with Crippen molar-refractivity contribution in [1.82, 2.24) is 10.2 Å². The Morgan fingerprint density at radius 2 is 1.76 bits per heavy atom. The summed E-state index contributed by atoms with van der Waals surface area (Å²) < 4.78 is 0. The van der Waals surface area contributed by atoms with Gasteiger partial charge in [-0.05, 0) is 50.8 Å². The number of piperidine rings is 1. The Morgan fingerprint density at radius 1 is 1.19 bits per heavy atom. The van der Waals surface area contributed by atoms with Crippen LogP contribution in [0.5, 0.6) is 0 Å². The molecule has 2 N–H and O–H groups in total. The van der Waals surface area contributed by atoms with Crippen molar-refractivity contribution in [2.45, 2.75) is 51.7 Å². The van der Waals surface area contributed by atoms with Crippen LogP contribution in [0.4, 0.5) is 4.79 Å². The van der Waals surface area contributed by atoms with Crippen molar-refractivity contribution < 1.29 is 14.7 Å². The summed E-state index contributed by atoms with van der Waals surface area (Å²) in [6.07, 6.45) is 3.26. The van der Waals surface area contributed by atoms with Crippen molar-refractivity contribution in [2.75, 3.05) is 0 Å². The Morgan fingerprint density at radius 3 is 2.29 bits per heavy atom. The molecule has 1 aliphatic heterocycles. The molecule has 0 aliphatic carbocycles. The Labute approximate surface area is 125 Å². The number of carbonyl (C=O) groups is 2. The van der Waals surface area contributed by atoms with E-state index in [2.05, 4.69) is 19.2 Å². The van der Waals surface area contributed by atoms with Gasteiger partial charge in [0.15, 0.2) is 0 Å². The Kier molecular flexibility index (Phi) is 4.83. The fraction of sp³-hybridized carbons (Fsp3) is 0.500. The summed E-state index contributed by atoms with van der Waals surface area (Å²) in [7, 11) is 0. The molecule has 1 heterocycles. The van der Waals surface area contributed by atoms with E-state index in [0.717, 1.165) is 18.4 Å². The van der Waals surface area contributed by atoms with Crippen molar-refractivity contribution in [3.63, 3.8) is 0 Å². The Bertz CT molecular complexity index is 503. The average Bonchev–Trinajstić information content (AvgIpc) is 2.45. The molecular weight excluding hydrogens is 268 g/mol. The summed E-state index contributed by atoms with van der Waals surface area (Å²) in [4.78, 5) is 25.0. The number of carbonyl (C=O) groups excluding carboxylic acids is 1. The molecule has 0 bridgehead atoms. The van der Waals surface area contributed by atoms with Crippen molar-refractivity contribution in [2.24, 2.45) is 0 Å². The minimum atomic E-state index is -0.943. The third kappa shape index (κ3) is 3.74. The van der Waals surface area contributed by atoms with E-state index in [1.54, 1.807) is 24.3 Å². The second-order valence-corrected chi connectivity index (χ2v) is 5.70. The summed E-state index contributed by atoms with van der Waals surface area (Å²) in [5.41, 5.74) is 1.15. The highest BCUT2D eigenvalue weighted by Crippen LogP contribution is 2.22. The number of hydrogen-bond acceptors (Lipinski definition) is 2. The highest BCUT2D eigenvalue weighted by molar-refractivity contribution is 5.87. The molecule has 2 unspecified atom stereocenters. The average molecular weight is 290 g/mol. The zero-order chi connectivity index (χ0) is 15.4. The van der Waals surface area contributed by atoms with Crippen molar-refractivity contribution in [1.29, 1.82) is 0 Å². The summed E-state index contributed by atoms with van der Waals surface area (Å²) in [6, 6.07) is 7.05. The zero-order valence-corrected chi connectivity index (χ0v) is 12.5. The normalized spacial score (nSPS) is 21.9. The summed E-state index contributed by atoms with van der Waals surface area (Å²) >= 11 is 0. The van der Waals surface area contributed by atoms with Gasteiger partial charge in [-0.25, -0.2) is 9.59 Å². The van der Waals surface area contributed by atoms with Crippen LogP contribution in [0, 0.1) is 0 Å². The molecular formula is C16H22N2O3. The Hall–Kier alpha value is -2.04. The van der Waals surface area contributed by atoms with E-state index in [9.17, 15) is 9.59 Å². The van der Waals surface area contributed by atoms with Gasteiger partial charge in [-0.1, -0.05) is 12.1 Å². The number of carboxylic acid groups (broad SMARTS) is 1. The van der Waals surface area contributed by atoms with Crippen LogP contribution in [-0.4, -0.2) is 34.1 Å². The van der Waals surface area contributed by atoms with E-state index in [1.165, 1.54) is 6.42 Å². The van der Waals surface area contributed by atoms with Gasteiger partial charge in [0.2, 0.25) is 0 Å². The molecule has 0 aromatic heterocycles. The number of carboxylic acids is 1. The molecule has 0 spiro atoms. The van der Waals surface area contributed by atoms with Gasteiger partial charge in [0.1, 0.15) is 0 Å². The monoisotopic (exact) mass is 290 g/mol. The maximum atomic E-state index is 12.3. The summed E-state index contributed by atoms with van der Waals surface area (Å²) in [5.74, 6) is -0.943. The third-order valence-corrected chi connectivity index (χ3v) is 4.07. The standard InChI is InChI=1S/C16H22N2O3/c1-11-4-3-5-12(2)18(11)16(21)17-10-13-6-8-14(9-7-13)15(19)20/h6-9,11-12H,3-5,10H2,1-2H3,(H,17,21)(H,19,20). The zero-order valence-electron chi connectivity index (χ0n) is 12.5. The number of aromatic carboxylic acids is 1. The molecule has 1 aliphatic rings. The molecule has 1 saturated heterocycles. The lowest BCUT2D eigenvalue weighted by molar-refractivity contribution is 0.0696. The van der Waals surface area contributed by atoms with Gasteiger partial charge in [0.05, 0.1) is 5.56 Å². The van der Waals surface area contributed by atoms with Crippen molar-refractivity contribution in [3.05, 3.63) is 35.4 Å². The van der Waals surface area contributed by atoms with Gasteiger partial charge in [-0.3, -0.25) is 0 Å². The quantitative estimate of drug-likeness (QED) is 0.899. The maximum absolute atomic E-state index is 12.3. The predicted molar refractivity (Wildman–Crippen MR) is 80.3 cm³/mol. The number of amides is 2. The summed E-state index contributed by atoms with van der Waals surface area (Å²) in [5, 5.41) is 11.8. The second-order valence-electron chi connectivity index (χ2n) is 5.70. The fourth-order valence-corrected chi connectivity index (χ4v) is 2.86. The largest absolute Gasteiger partial charge is 0.478 e. The van der Waals surface area contributed by atoms with Gasteiger partial charge < -0.3 is 15.3 Å². The number of benzene rings is 1. The van der Waals surface area contributed by atoms with Crippen LogP contribution in [-0.2, 0) is 6.54 Å². The minimum absolute atomic E-state index is 0.0444. The Balaban J connectivity index is 1.92. The van der Waals surface area contributed by atoms with Crippen LogP contribution in [0.1, 0.15) is 49.0 Å². The lowest BCUT2D eigenvalue weighted by Crippen LogP contribution is -2.51. The number of nitrogens with zero attached hydrogens (tertiary/aromatic N) is 1. The molecule has 2 rings (SSSR count). The van der Waals surface area contributed by atoms with Crippen molar-refractivity contribution in [3.8, 4) is 0 Å². The second kappa shape index (κ2) is 6.61. The molecule has 0 radical (unpaired) electrons. The SMILES string of the molecule is CC1CCCC(C)N1C(=O)NCc1ccc(C(=O)O)cc1. The lowest BCUT2D eigenvalue weighted by atomic mass is 9.98. The minimum Gasteiger partial charge on any atom is -0.478 e. The molecule has 5 nitrogen and oxygen atoms in total. The van der Waals surface area contributed by atoms with E-state index in [0.29, 0.717) is 6.54 Å². The van der Waals surface area contributed by atoms with Gasteiger partial charge in [-0.2, -0.15) is 0 Å². The van der Waals surface area contributed by atoms with E-state index in [1.807, 2.05) is 4.90 Å². The predicted octanol–water partition coefficient (Wildman–Crippen LogP) is 2.86. The summed E-state index contributed by atoms with van der Waals surface area (Å²) in [6.45, 7) is 4.57. The fourth-order valence-electron chi connectivity index (χ4n) is 2.86. The number of nitrogens with one attached hydrogen (secondary N) is 1. The molecule has 2 amide bonds. The van der Waals surface area contributed by atoms with Crippen LogP contribution in [0.25, 0.3) is 0 Å². The highest BCUT2D eigenvalue weighted by Gasteiger charge is 2.28. The number of rotatable bonds is 3. The number of urea groups is 1. The first kappa shape index (κ1) is 15.4. The van der Waals surface area contributed by atoms with E-state index >= 15 is 0 Å². The molecule has 1 aromatic carbocycles. The van der Waals surface area contributed by atoms with Gasteiger partial charge >= 0.3 is 12.0 Å². The molecule has 1 fully saturated rings. The first-order valence-electron chi connectivity index (χ1n) is 7.37. The van der Waals surface area contributed by atoms with Crippen LogP contribution < -0.4 is 5.32 Å². The third-order valence-electron chi connectivity index (χ3n) is 4.07. The van der Waals surface area contributed by atoms with Gasteiger partial charge in [0, 0.05) is 18.6 Å². The van der Waals surface area contributed by atoms with Gasteiger partial charge in [-0.15, -0.1) is 0 Å². The first-order chi connectivity index (χ1) is 9.99. The topological polar surface area (TPSA) is 69.6 Å². The van der Waals surface area contributed by atoms with Gasteiger partial charge in [0.25, 0.3) is 0 Å².